The molecular formula is C13H20BrNO4S2. The van der Waals surface area contributed by atoms with Crippen molar-refractivity contribution in [1.29, 1.82) is 0 Å². The summed E-state index contributed by atoms with van der Waals surface area (Å²) in [6.45, 7) is 8.63. The van der Waals surface area contributed by atoms with E-state index in [0.29, 0.717) is 16.9 Å². The average Bonchev–Trinajstić information content (AvgIpc) is 2.70. The van der Waals surface area contributed by atoms with Gasteiger partial charge in [-0.2, -0.15) is 4.31 Å². The SMILES string of the molecule is CC(C)CN(CC(C)C)S(=O)(=O)c1cc(C(=O)O)sc1Br. The van der Waals surface area contributed by atoms with Gasteiger partial charge in [0.15, 0.2) is 0 Å². The molecule has 0 aliphatic carbocycles. The summed E-state index contributed by atoms with van der Waals surface area (Å²) in [6.07, 6.45) is 0. The Morgan fingerprint density at radius 2 is 1.76 bits per heavy atom. The van der Waals surface area contributed by atoms with Crippen molar-refractivity contribution in [3.05, 3.63) is 14.7 Å². The van der Waals surface area contributed by atoms with E-state index in [1.807, 2.05) is 27.7 Å². The van der Waals surface area contributed by atoms with E-state index in [4.69, 9.17) is 5.11 Å². The van der Waals surface area contributed by atoms with Gasteiger partial charge in [0.25, 0.3) is 0 Å². The Labute approximate surface area is 138 Å². The van der Waals surface area contributed by atoms with Crippen molar-refractivity contribution in [3.8, 4) is 0 Å². The predicted molar refractivity (Wildman–Crippen MR) is 87.4 cm³/mol. The average molecular weight is 398 g/mol. The van der Waals surface area contributed by atoms with Crippen LogP contribution in [0.15, 0.2) is 14.7 Å². The lowest BCUT2D eigenvalue weighted by atomic mass is 10.2. The summed E-state index contributed by atoms with van der Waals surface area (Å²) in [5, 5.41) is 9.00. The maximum Gasteiger partial charge on any atom is 0.345 e. The van der Waals surface area contributed by atoms with Crippen LogP contribution in [-0.4, -0.2) is 36.9 Å². The molecule has 5 nitrogen and oxygen atoms in total. The van der Waals surface area contributed by atoms with Gasteiger partial charge in [-0.25, -0.2) is 13.2 Å². The van der Waals surface area contributed by atoms with Crippen molar-refractivity contribution >= 4 is 43.3 Å². The number of hydrogen-bond donors (Lipinski definition) is 1. The van der Waals surface area contributed by atoms with E-state index >= 15 is 0 Å². The van der Waals surface area contributed by atoms with E-state index in [9.17, 15) is 13.2 Å². The molecule has 0 aliphatic heterocycles. The van der Waals surface area contributed by atoms with Gasteiger partial charge in [0, 0.05) is 13.1 Å². The molecule has 0 fully saturated rings. The molecule has 120 valence electrons. The highest BCUT2D eigenvalue weighted by molar-refractivity contribution is 9.11. The molecule has 21 heavy (non-hydrogen) atoms. The summed E-state index contributed by atoms with van der Waals surface area (Å²) < 4.78 is 27.3. The Hall–Kier alpha value is -0.440. The standard InChI is InChI=1S/C13H20BrNO4S2/c1-8(2)6-15(7-9(3)4)21(18,19)11-5-10(13(16)17)20-12(11)14/h5,8-9H,6-7H2,1-4H3,(H,16,17). The van der Waals surface area contributed by atoms with Crippen LogP contribution in [0.3, 0.4) is 0 Å². The number of sulfonamides is 1. The Morgan fingerprint density at radius 1 is 1.29 bits per heavy atom. The fourth-order valence-corrected chi connectivity index (χ4v) is 5.98. The molecule has 8 heteroatoms. The fraction of sp³-hybridized carbons (Fsp3) is 0.615. The second-order valence-corrected chi connectivity index (χ2v) is 9.94. The van der Waals surface area contributed by atoms with Gasteiger partial charge in [0.2, 0.25) is 10.0 Å². The molecule has 0 radical (unpaired) electrons. The maximum absolute atomic E-state index is 12.8. The van der Waals surface area contributed by atoms with Crippen LogP contribution in [-0.2, 0) is 10.0 Å². The largest absolute Gasteiger partial charge is 0.477 e. The topological polar surface area (TPSA) is 74.7 Å². The van der Waals surface area contributed by atoms with Crippen LogP contribution >= 0.6 is 27.3 Å². The van der Waals surface area contributed by atoms with E-state index in [1.54, 1.807) is 0 Å². The monoisotopic (exact) mass is 397 g/mol. The third-order valence-electron chi connectivity index (χ3n) is 2.62. The van der Waals surface area contributed by atoms with Crippen molar-refractivity contribution in [2.45, 2.75) is 32.6 Å². The van der Waals surface area contributed by atoms with Gasteiger partial charge in [-0.05, 0) is 33.8 Å². The highest BCUT2D eigenvalue weighted by atomic mass is 79.9. The van der Waals surface area contributed by atoms with Crippen LogP contribution < -0.4 is 0 Å². The van der Waals surface area contributed by atoms with Crippen LogP contribution in [0, 0.1) is 11.8 Å². The molecule has 0 saturated carbocycles. The number of aromatic carboxylic acids is 1. The van der Waals surface area contributed by atoms with E-state index in [1.165, 1.54) is 10.4 Å². The van der Waals surface area contributed by atoms with Crippen molar-refractivity contribution in [2.24, 2.45) is 11.8 Å². The summed E-state index contributed by atoms with van der Waals surface area (Å²) in [5.74, 6) is -0.744. The molecule has 0 bridgehead atoms. The second-order valence-electron chi connectivity index (χ2n) is 5.66. The number of carboxylic acids is 1. The molecule has 0 aromatic carbocycles. The van der Waals surface area contributed by atoms with Gasteiger partial charge < -0.3 is 5.11 Å². The quantitative estimate of drug-likeness (QED) is 0.763. The van der Waals surface area contributed by atoms with E-state index in [2.05, 4.69) is 15.9 Å². The van der Waals surface area contributed by atoms with E-state index in [0.717, 1.165) is 11.3 Å². The molecule has 1 rings (SSSR count). The Kier molecular flexibility index (Phi) is 6.39. The van der Waals surface area contributed by atoms with Crippen molar-refractivity contribution in [1.82, 2.24) is 4.31 Å². The molecule has 0 unspecified atom stereocenters. The first-order valence-corrected chi connectivity index (χ1v) is 9.63. The zero-order chi connectivity index (χ0) is 16.4. The normalized spacial score (nSPS) is 12.6. The molecule has 1 N–H and O–H groups in total. The highest BCUT2D eigenvalue weighted by Crippen LogP contribution is 2.34. The molecule has 0 aliphatic rings. The molecule has 0 spiro atoms. The molecule has 1 aromatic rings. The van der Waals surface area contributed by atoms with Crippen molar-refractivity contribution < 1.29 is 18.3 Å². The van der Waals surface area contributed by atoms with Crippen molar-refractivity contribution in [3.63, 3.8) is 0 Å². The smallest absolute Gasteiger partial charge is 0.345 e. The molecule has 1 aromatic heterocycles. The van der Waals surface area contributed by atoms with Crippen LogP contribution in [0.4, 0.5) is 0 Å². The molecule has 1 heterocycles. The summed E-state index contributed by atoms with van der Waals surface area (Å²) in [4.78, 5) is 11.0. The maximum atomic E-state index is 12.8. The third kappa shape index (κ3) is 4.77. The molecule has 0 atom stereocenters. The number of rotatable bonds is 7. The number of halogens is 1. The highest BCUT2D eigenvalue weighted by Gasteiger charge is 2.30. The lowest BCUT2D eigenvalue weighted by Crippen LogP contribution is -2.37. The van der Waals surface area contributed by atoms with E-state index < -0.39 is 16.0 Å². The minimum Gasteiger partial charge on any atom is -0.477 e. The second kappa shape index (κ2) is 7.21. The number of nitrogens with zero attached hydrogens (tertiary/aromatic N) is 1. The summed E-state index contributed by atoms with van der Waals surface area (Å²) in [5.41, 5.74) is 0. The number of hydrogen-bond acceptors (Lipinski definition) is 4. The Bertz CT molecular complexity index is 598. The predicted octanol–water partition coefficient (Wildman–Crippen LogP) is 3.51. The minimum absolute atomic E-state index is 0.00879. The van der Waals surface area contributed by atoms with Gasteiger partial charge >= 0.3 is 5.97 Å². The Morgan fingerprint density at radius 3 is 2.10 bits per heavy atom. The summed E-state index contributed by atoms with van der Waals surface area (Å²) >= 11 is 4.09. The van der Waals surface area contributed by atoms with Crippen molar-refractivity contribution in [2.75, 3.05) is 13.1 Å². The van der Waals surface area contributed by atoms with E-state index in [-0.39, 0.29) is 21.6 Å². The minimum atomic E-state index is -3.70. The molecule has 0 amide bonds. The van der Waals surface area contributed by atoms with Crippen LogP contribution in [0.2, 0.25) is 0 Å². The molecule has 0 saturated heterocycles. The van der Waals surface area contributed by atoms with Gasteiger partial charge in [-0.1, -0.05) is 27.7 Å². The Balaban J connectivity index is 3.24. The zero-order valence-corrected chi connectivity index (χ0v) is 15.7. The fourth-order valence-electron chi connectivity index (χ4n) is 1.86. The summed E-state index contributed by atoms with van der Waals surface area (Å²) in [6, 6.07) is 1.22. The zero-order valence-electron chi connectivity index (χ0n) is 12.5. The van der Waals surface area contributed by atoms with Gasteiger partial charge in [0.05, 0.1) is 3.79 Å². The lowest BCUT2D eigenvalue weighted by Gasteiger charge is -2.25. The first-order valence-electron chi connectivity index (χ1n) is 6.58. The van der Waals surface area contributed by atoms with Crippen LogP contribution in [0.25, 0.3) is 0 Å². The molecular weight excluding hydrogens is 378 g/mol. The van der Waals surface area contributed by atoms with Crippen LogP contribution in [0.5, 0.6) is 0 Å². The van der Waals surface area contributed by atoms with Crippen LogP contribution in [0.1, 0.15) is 37.4 Å². The van der Waals surface area contributed by atoms with Gasteiger partial charge in [-0.3, -0.25) is 0 Å². The van der Waals surface area contributed by atoms with Gasteiger partial charge in [-0.15, -0.1) is 11.3 Å². The number of carboxylic acid groups (broad SMARTS) is 1. The third-order valence-corrected chi connectivity index (χ3v) is 6.69. The summed E-state index contributed by atoms with van der Waals surface area (Å²) in [7, 11) is -3.70. The number of carbonyl (C=O) groups is 1. The van der Waals surface area contributed by atoms with Gasteiger partial charge in [0.1, 0.15) is 9.77 Å². The first-order chi connectivity index (χ1) is 9.55. The number of thiophene rings is 1. The lowest BCUT2D eigenvalue weighted by molar-refractivity contribution is 0.0702. The first kappa shape index (κ1) is 18.6.